The van der Waals surface area contributed by atoms with E-state index >= 15 is 0 Å². The molecule has 2 rings (SSSR count). The molecule has 0 amide bonds. The van der Waals surface area contributed by atoms with E-state index in [1.807, 2.05) is 0 Å². The molecule has 1 aromatic carbocycles. The lowest BCUT2D eigenvalue weighted by Crippen LogP contribution is -2.38. The molecule has 1 N–H and O–H groups in total. The molecule has 10 heteroatoms. The number of nitro benzene ring substituents is 1. The van der Waals surface area contributed by atoms with Gasteiger partial charge >= 0.3 is 12.1 Å². The highest BCUT2D eigenvalue weighted by Crippen LogP contribution is 2.36. The number of hydrogen-bond acceptors (Lipinski definition) is 6. The van der Waals surface area contributed by atoms with E-state index in [4.69, 9.17) is 4.74 Å². The molecule has 126 valence electrons. The maximum absolute atomic E-state index is 12.9. The third-order valence-electron chi connectivity index (χ3n) is 3.46. The number of carbonyl (C=O) groups is 1. The summed E-state index contributed by atoms with van der Waals surface area (Å²) in [5.74, 6) is -2.54. The number of benzene rings is 1. The topological polar surface area (TPSA) is 90.7 Å². The molecule has 0 radical (unpaired) electrons. The first kappa shape index (κ1) is 17.0. The SMILES string of the molecule is COC(=O)c1ccc([N+](=O)[O-])c(N[C@H]2COC[C@H]2C(F)(F)F)c1. The summed E-state index contributed by atoms with van der Waals surface area (Å²) in [6.07, 6.45) is -4.50. The van der Waals surface area contributed by atoms with Crippen molar-refractivity contribution in [1.29, 1.82) is 0 Å². The summed E-state index contributed by atoms with van der Waals surface area (Å²) in [4.78, 5) is 21.8. The number of carbonyl (C=O) groups excluding carboxylic acids is 1. The lowest BCUT2D eigenvalue weighted by atomic mass is 10.0. The number of esters is 1. The molecule has 1 fully saturated rings. The molecular formula is C13H13F3N2O5. The summed E-state index contributed by atoms with van der Waals surface area (Å²) in [6, 6.07) is 2.12. The summed E-state index contributed by atoms with van der Waals surface area (Å²) < 4.78 is 48.0. The second-order valence-corrected chi connectivity index (χ2v) is 4.92. The van der Waals surface area contributed by atoms with Crippen LogP contribution in [0, 0.1) is 16.0 Å². The minimum Gasteiger partial charge on any atom is -0.465 e. The number of nitrogens with one attached hydrogen (secondary N) is 1. The van der Waals surface area contributed by atoms with Gasteiger partial charge in [-0.1, -0.05) is 0 Å². The van der Waals surface area contributed by atoms with E-state index in [0.717, 1.165) is 19.2 Å². The maximum atomic E-state index is 12.9. The average molecular weight is 334 g/mol. The van der Waals surface area contributed by atoms with Gasteiger partial charge in [0.25, 0.3) is 5.69 Å². The number of alkyl halides is 3. The number of hydrogen-bond donors (Lipinski definition) is 1. The van der Waals surface area contributed by atoms with Crippen molar-refractivity contribution in [1.82, 2.24) is 0 Å². The Labute approximate surface area is 128 Å². The monoisotopic (exact) mass is 334 g/mol. The predicted molar refractivity (Wildman–Crippen MR) is 72.2 cm³/mol. The lowest BCUT2D eigenvalue weighted by molar-refractivity contribution is -0.384. The van der Waals surface area contributed by atoms with Gasteiger partial charge in [0, 0.05) is 6.07 Å². The molecule has 1 saturated heterocycles. The molecule has 1 heterocycles. The zero-order valence-corrected chi connectivity index (χ0v) is 11.9. The number of nitro groups is 1. The summed E-state index contributed by atoms with van der Waals surface area (Å²) in [5.41, 5.74) is -0.642. The first-order valence-corrected chi connectivity index (χ1v) is 6.51. The molecule has 0 spiro atoms. The van der Waals surface area contributed by atoms with Crippen LogP contribution in [0.15, 0.2) is 18.2 Å². The highest BCUT2D eigenvalue weighted by atomic mass is 19.4. The van der Waals surface area contributed by atoms with E-state index in [1.54, 1.807) is 0 Å². The van der Waals surface area contributed by atoms with E-state index in [-0.39, 0.29) is 17.9 Å². The highest BCUT2D eigenvalue weighted by Gasteiger charge is 2.48. The van der Waals surface area contributed by atoms with Crippen LogP contribution in [0.5, 0.6) is 0 Å². The van der Waals surface area contributed by atoms with Gasteiger partial charge in [-0.2, -0.15) is 13.2 Å². The first-order chi connectivity index (χ1) is 10.7. The Bertz CT molecular complexity index is 620. The van der Waals surface area contributed by atoms with Crippen molar-refractivity contribution in [2.45, 2.75) is 12.2 Å². The number of nitrogens with zero attached hydrogens (tertiary/aromatic N) is 1. The van der Waals surface area contributed by atoms with Gasteiger partial charge < -0.3 is 14.8 Å². The van der Waals surface area contributed by atoms with E-state index < -0.39 is 41.3 Å². The van der Waals surface area contributed by atoms with Crippen molar-refractivity contribution in [3.63, 3.8) is 0 Å². The number of methoxy groups -OCH3 is 1. The first-order valence-electron chi connectivity index (χ1n) is 6.51. The smallest absolute Gasteiger partial charge is 0.396 e. The Hall–Kier alpha value is -2.36. The van der Waals surface area contributed by atoms with Crippen molar-refractivity contribution >= 4 is 17.3 Å². The molecule has 2 atom stereocenters. The van der Waals surface area contributed by atoms with Gasteiger partial charge in [0.05, 0.1) is 36.9 Å². The third kappa shape index (κ3) is 3.70. The molecule has 7 nitrogen and oxygen atoms in total. The Morgan fingerprint density at radius 1 is 1.43 bits per heavy atom. The molecule has 0 aromatic heterocycles. The second-order valence-electron chi connectivity index (χ2n) is 4.92. The van der Waals surface area contributed by atoms with Gasteiger partial charge in [-0.05, 0) is 12.1 Å². The van der Waals surface area contributed by atoms with Crippen molar-refractivity contribution in [2.75, 3.05) is 25.6 Å². The van der Waals surface area contributed by atoms with Crippen LogP contribution in [0.1, 0.15) is 10.4 Å². The van der Waals surface area contributed by atoms with Crippen LogP contribution in [0.25, 0.3) is 0 Å². The quantitative estimate of drug-likeness (QED) is 0.516. The molecule has 1 aliphatic rings. The van der Waals surface area contributed by atoms with Gasteiger partial charge in [0.1, 0.15) is 11.6 Å². The van der Waals surface area contributed by atoms with Crippen LogP contribution < -0.4 is 5.32 Å². The molecule has 0 bridgehead atoms. The highest BCUT2D eigenvalue weighted by molar-refractivity contribution is 5.91. The van der Waals surface area contributed by atoms with Crippen molar-refractivity contribution < 1.29 is 32.4 Å². The number of ether oxygens (including phenoxy) is 2. The van der Waals surface area contributed by atoms with E-state index in [2.05, 4.69) is 10.1 Å². The zero-order valence-electron chi connectivity index (χ0n) is 11.9. The lowest BCUT2D eigenvalue weighted by Gasteiger charge is -2.22. The fourth-order valence-electron chi connectivity index (χ4n) is 2.27. The van der Waals surface area contributed by atoms with Gasteiger partial charge in [-0.25, -0.2) is 4.79 Å². The molecule has 23 heavy (non-hydrogen) atoms. The van der Waals surface area contributed by atoms with E-state index in [9.17, 15) is 28.1 Å². The maximum Gasteiger partial charge on any atom is 0.396 e. The summed E-state index contributed by atoms with van der Waals surface area (Å²) in [6.45, 7) is -0.768. The number of anilines is 1. The Kier molecular flexibility index (Phi) is 4.73. The Balaban J connectivity index is 2.33. The van der Waals surface area contributed by atoms with Gasteiger partial charge in [0.15, 0.2) is 0 Å². The van der Waals surface area contributed by atoms with Gasteiger partial charge in [-0.3, -0.25) is 10.1 Å². The number of rotatable bonds is 4. The number of halogens is 3. The largest absolute Gasteiger partial charge is 0.465 e. The Morgan fingerprint density at radius 3 is 2.70 bits per heavy atom. The minimum atomic E-state index is -4.50. The normalized spacial score (nSPS) is 21.0. The third-order valence-corrected chi connectivity index (χ3v) is 3.46. The summed E-state index contributed by atoms with van der Waals surface area (Å²) >= 11 is 0. The molecule has 1 aliphatic heterocycles. The molecular weight excluding hydrogens is 321 g/mol. The van der Waals surface area contributed by atoms with Crippen molar-refractivity contribution in [3.8, 4) is 0 Å². The van der Waals surface area contributed by atoms with Crippen molar-refractivity contribution in [2.24, 2.45) is 5.92 Å². The van der Waals surface area contributed by atoms with Crippen LogP contribution in [0.4, 0.5) is 24.5 Å². The standard InChI is InChI=1S/C13H13F3N2O5/c1-22-12(19)7-2-3-11(18(20)21)9(4-7)17-10-6-23-5-8(10)13(14,15)16/h2-4,8,10,17H,5-6H2,1H3/t8-,10+/m1/s1. The minimum absolute atomic E-state index is 0.0110. The van der Waals surface area contributed by atoms with Crippen LogP contribution in [-0.4, -0.2) is 43.4 Å². The summed E-state index contributed by atoms with van der Waals surface area (Å²) in [7, 11) is 1.13. The van der Waals surface area contributed by atoms with Crippen LogP contribution in [-0.2, 0) is 9.47 Å². The fourth-order valence-corrected chi connectivity index (χ4v) is 2.27. The fraction of sp³-hybridized carbons (Fsp3) is 0.462. The van der Waals surface area contributed by atoms with Gasteiger partial charge in [-0.15, -0.1) is 0 Å². The van der Waals surface area contributed by atoms with Crippen LogP contribution in [0.3, 0.4) is 0 Å². The zero-order chi connectivity index (χ0) is 17.2. The summed E-state index contributed by atoms with van der Waals surface area (Å²) in [5, 5.41) is 13.5. The molecule has 0 saturated carbocycles. The van der Waals surface area contributed by atoms with E-state index in [1.165, 1.54) is 6.07 Å². The van der Waals surface area contributed by atoms with Crippen LogP contribution in [0.2, 0.25) is 0 Å². The van der Waals surface area contributed by atoms with Crippen LogP contribution >= 0.6 is 0 Å². The molecule has 0 aliphatic carbocycles. The van der Waals surface area contributed by atoms with Crippen molar-refractivity contribution in [3.05, 3.63) is 33.9 Å². The predicted octanol–water partition coefficient (Wildman–Crippen LogP) is 2.37. The molecule has 1 aromatic rings. The Morgan fingerprint density at radius 2 is 2.13 bits per heavy atom. The molecule has 0 unspecified atom stereocenters. The average Bonchev–Trinajstić information content (AvgIpc) is 2.94. The van der Waals surface area contributed by atoms with E-state index in [0.29, 0.717) is 0 Å². The van der Waals surface area contributed by atoms with Gasteiger partial charge in [0.2, 0.25) is 0 Å². The second kappa shape index (κ2) is 6.41.